The SMILES string of the molecule is CC(NC(=O)C[C@@H]1CCC[C@H]1N)C1Oc2ccccc2C1C.Cl. The molecule has 5 heteroatoms. The fraction of sp³-hybridized carbons (Fsp3) is 0.611. The Morgan fingerprint density at radius 2 is 2.13 bits per heavy atom. The molecule has 3 rings (SSSR count). The molecule has 1 saturated carbocycles. The van der Waals surface area contributed by atoms with E-state index < -0.39 is 0 Å². The zero-order valence-electron chi connectivity index (χ0n) is 13.8. The van der Waals surface area contributed by atoms with E-state index in [4.69, 9.17) is 10.5 Å². The standard InChI is InChI=1S/C18H26N2O2.ClH/c1-11-14-7-3-4-9-16(14)22-18(11)12(2)20-17(21)10-13-6-5-8-15(13)19;/h3-4,7,9,11-13,15,18H,5-6,8,10,19H2,1-2H3,(H,20,21);1H/t11?,12?,13-,15+,18?;/m0./s1. The minimum atomic E-state index is -0.00692. The van der Waals surface area contributed by atoms with Gasteiger partial charge in [-0.15, -0.1) is 12.4 Å². The predicted molar refractivity (Wildman–Crippen MR) is 94.1 cm³/mol. The van der Waals surface area contributed by atoms with E-state index in [2.05, 4.69) is 18.3 Å². The van der Waals surface area contributed by atoms with Crippen LogP contribution < -0.4 is 15.8 Å². The minimum absolute atomic E-state index is 0. The van der Waals surface area contributed by atoms with E-state index in [1.165, 1.54) is 5.56 Å². The Hall–Kier alpha value is -1.26. The monoisotopic (exact) mass is 338 g/mol. The van der Waals surface area contributed by atoms with Gasteiger partial charge in [0.25, 0.3) is 0 Å². The van der Waals surface area contributed by atoms with Crippen LogP contribution >= 0.6 is 12.4 Å². The largest absolute Gasteiger partial charge is 0.487 e. The maximum atomic E-state index is 12.3. The van der Waals surface area contributed by atoms with E-state index in [0.717, 1.165) is 25.0 Å². The summed E-state index contributed by atoms with van der Waals surface area (Å²) in [5.41, 5.74) is 7.28. The average Bonchev–Trinajstić information content (AvgIpc) is 3.04. The van der Waals surface area contributed by atoms with Crippen molar-refractivity contribution in [3.63, 3.8) is 0 Å². The molecule has 3 unspecified atom stereocenters. The zero-order valence-corrected chi connectivity index (χ0v) is 14.6. The highest BCUT2D eigenvalue weighted by Gasteiger charge is 2.35. The molecule has 1 aliphatic carbocycles. The van der Waals surface area contributed by atoms with Gasteiger partial charge in [-0.1, -0.05) is 31.5 Å². The quantitative estimate of drug-likeness (QED) is 0.887. The molecule has 0 radical (unpaired) electrons. The van der Waals surface area contributed by atoms with E-state index >= 15 is 0 Å². The van der Waals surface area contributed by atoms with Gasteiger partial charge < -0.3 is 15.8 Å². The second kappa shape index (κ2) is 7.54. The molecule has 0 saturated heterocycles. The molecule has 0 bridgehead atoms. The molecule has 1 aliphatic heterocycles. The molecule has 1 fully saturated rings. The fourth-order valence-corrected chi connectivity index (χ4v) is 3.88. The Morgan fingerprint density at radius 3 is 2.78 bits per heavy atom. The van der Waals surface area contributed by atoms with Crippen molar-refractivity contribution in [1.82, 2.24) is 5.32 Å². The summed E-state index contributed by atoms with van der Waals surface area (Å²) in [6.07, 6.45) is 3.81. The molecular formula is C18H27ClN2O2. The van der Waals surface area contributed by atoms with Crippen molar-refractivity contribution in [1.29, 1.82) is 0 Å². The summed E-state index contributed by atoms with van der Waals surface area (Å²) < 4.78 is 6.03. The highest BCUT2D eigenvalue weighted by Crippen LogP contribution is 2.38. The number of nitrogens with two attached hydrogens (primary N) is 1. The Balaban J connectivity index is 0.00000192. The number of rotatable bonds is 4. The lowest BCUT2D eigenvalue weighted by atomic mass is 9.93. The fourth-order valence-electron chi connectivity index (χ4n) is 3.88. The second-order valence-corrected chi connectivity index (χ2v) is 6.82. The molecule has 0 aromatic heterocycles. The zero-order chi connectivity index (χ0) is 15.7. The van der Waals surface area contributed by atoms with Gasteiger partial charge >= 0.3 is 0 Å². The van der Waals surface area contributed by atoms with Gasteiger partial charge in [0.05, 0.1) is 6.04 Å². The second-order valence-electron chi connectivity index (χ2n) is 6.82. The van der Waals surface area contributed by atoms with Crippen LogP contribution in [0.2, 0.25) is 0 Å². The van der Waals surface area contributed by atoms with E-state index in [1.54, 1.807) is 0 Å². The van der Waals surface area contributed by atoms with Crippen LogP contribution in [0.1, 0.15) is 51.0 Å². The highest BCUT2D eigenvalue weighted by molar-refractivity contribution is 5.85. The summed E-state index contributed by atoms with van der Waals surface area (Å²) in [7, 11) is 0. The van der Waals surface area contributed by atoms with Crippen LogP contribution in [0.3, 0.4) is 0 Å². The van der Waals surface area contributed by atoms with Crippen molar-refractivity contribution in [3.8, 4) is 5.75 Å². The van der Waals surface area contributed by atoms with Gasteiger partial charge in [-0.05, 0) is 31.7 Å². The summed E-state index contributed by atoms with van der Waals surface area (Å²) in [6.45, 7) is 4.19. The van der Waals surface area contributed by atoms with Crippen molar-refractivity contribution >= 4 is 18.3 Å². The molecule has 4 nitrogen and oxygen atoms in total. The molecule has 1 aromatic rings. The first-order valence-corrected chi connectivity index (χ1v) is 8.36. The number of hydrogen-bond acceptors (Lipinski definition) is 3. The van der Waals surface area contributed by atoms with Crippen molar-refractivity contribution in [3.05, 3.63) is 29.8 Å². The van der Waals surface area contributed by atoms with Gasteiger partial charge in [0.1, 0.15) is 11.9 Å². The van der Waals surface area contributed by atoms with Crippen LogP contribution in [0, 0.1) is 5.92 Å². The lowest BCUT2D eigenvalue weighted by Crippen LogP contribution is -2.45. The number of para-hydroxylation sites is 1. The number of fused-ring (bicyclic) bond motifs is 1. The summed E-state index contributed by atoms with van der Waals surface area (Å²) in [5, 5.41) is 3.12. The number of amides is 1. The predicted octanol–water partition coefficient (Wildman–Crippen LogP) is 3.00. The molecule has 128 valence electrons. The summed E-state index contributed by atoms with van der Waals surface area (Å²) >= 11 is 0. The number of carbonyl (C=O) groups excluding carboxylic acids is 1. The normalized spacial score (nSPS) is 30.0. The maximum absolute atomic E-state index is 12.3. The Labute approximate surface area is 144 Å². The number of halogens is 1. The number of nitrogens with one attached hydrogen (secondary N) is 1. The summed E-state index contributed by atoms with van der Waals surface area (Å²) in [5.74, 6) is 1.67. The molecule has 0 spiro atoms. The molecule has 5 atom stereocenters. The third-order valence-corrected chi connectivity index (χ3v) is 5.21. The Bertz CT molecular complexity index is 552. The van der Waals surface area contributed by atoms with Gasteiger partial charge in [-0.3, -0.25) is 4.79 Å². The van der Waals surface area contributed by atoms with Gasteiger partial charge in [-0.25, -0.2) is 0 Å². The van der Waals surface area contributed by atoms with Crippen LogP contribution in [0.4, 0.5) is 0 Å². The first-order chi connectivity index (χ1) is 10.6. The molecule has 1 amide bonds. The van der Waals surface area contributed by atoms with Crippen LogP contribution in [0.5, 0.6) is 5.75 Å². The summed E-state index contributed by atoms with van der Waals surface area (Å²) in [4.78, 5) is 12.3. The van der Waals surface area contributed by atoms with Crippen molar-refractivity contribution in [2.24, 2.45) is 11.7 Å². The lowest BCUT2D eigenvalue weighted by molar-refractivity contribution is -0.123. The van der Waals surface area contributed by atoms with Gasteiger partial charge in [0, 0.05) is 23.9 Å². The van der Waals surface area contributed by atoms with Gasteiger partial charge in [0.2, 0.25) is 5.91 Å². The molecule has 3 N–H and O–H groups in total. The first-order valence-electron chi connectivity index (χ1n) is 8.36. The van der Waals surface area contributed by atoms with Crippen LogP contribution in [0.25, 0.3) is 0 Å². The highest BCUT2D eigenvalue weighted by atomic mass is 35.5. The number of carbonyl (C=O) groups is 1. The molecule has 1 heterocycles. The molecule has 2 aliphatic rings. The van der Waals surface area contributed by atoms with E-state index in [0.29, 0.717) is 18.3 Å². The smallest absolute Gasteiger partial charge is 0.220 e. The van der Waals surface area contributed by atoms with Crippen LogP contribution in [0.15, 0.2) is 24.3 Å². The molecule has 23 heavy (non-hydrogen) atoms. The van der Waals surface area contributed by atoms with Crippen LogP contribution in [-0.4, -0.2) is 24.1 Å². The van der Waals surface area contributed by atoms with Crippen molar-refractivity contribution in [2.45, 2.75) is 63.6 Å². The van der Waals surface area contributed by atoms with E-state index in [9.17, 15) is 4.79 Å². The number of hydrogen-bond donors (Lipinski definition) is 2. The summed E-state index contributed by atoms with van der Waals surface area (Å²) in [6, 6.07) is 8.30. The number of ether oxygens (including phenoxy) is 1. The van der Waals surface area contributed by atoms with E-state index in [-0.39, 0.29) is 36.5 Å². The van der Waals surface area contributed by atoms with Gasteiger partial charge in [0.15, 0.2) is 0 Å². The third-order valence-electron chi connectivity index (χ3n) is 5.21. The van der Waals surface area contributed by atoms with Gasteiger partial charge in [-0.2, -0.15) is 0 Å². The van der Waals surface area contributed by atoms with Crippen molar-refractivity contribution in [2.75, 3.05) is 0 Å². The Kier molecular flexibility index (Phi) is 5.93. The average molecular weight is 339 g/mol. The first kappa shape index (κ1) is 18.1. The molecule has 1 aromatic carbocycles. The minimum Gasteiger partial charge on any atom is -0.487 e. The third kappa shape index (κ3) is 3.81. The number of benzene rings is 1. The van der Waals surface area contributed by atoms with Crippen molar-refractivity contribution < 1.29 is 9.53 Å². The maximum Gasteiger partial charge on any atom is 0.220 e. The lowest BCUT2D eigenvalue weighted by Gasteiger charge is -2.25. The molecular weight excluding hydrogens is 312 g/mol. The van der Waals surface area contributed by atoms with Crippen LogP contribution in [-0.2, 0) is 4.79 Å². The Morgan fingerprint density at radius 1 is 1.39 bits per heavy atom. The topological polar surface area (TPSA) is 64.4 Å². The van der Waals surface area contributed by atoms with E-state index in [1.807, 2.05) is 25.1 Å².